The zero-order valence-electron chi connectivity index (χ0n) is 15.6. The lowest BCUT2D eigenvalue weighted by Gasteiger charge is -2.21. The van der Waals surface area contributed by atoms with E-state index in [9.17, 15) is 15.2 Å². The predicted molar refractivity (Wildman–Crippen MR) is 100 cm³/mol. The van der Waals surface area contributed by atoms with Gasteiger partial charge in [-0.05, 0) is 36.9 Å². The van der Waals surface area contributed by atoms with Crippen LogP contribution in [0.15, 0.2) is 42.5 Å². The van der Waals surface area contributed by atoms with Gasteiger partial charge in [0.2, 0.25) is 0 Å². The molecule has 8 nitrogen and oxygen atoms in total. The maximum atomic E-state index is 10.6. The standard InChI is InChI=1S/C19H24N2O6/c1-20(11-14-4-9-18(25-2)19(10-14)26-3)12-16(22)13-27-17-7-5-15(6-8-17)21(23)24/h4-10,16,22H,11-13H2,1-3H3. The van der Waals surface area contributed by atoms with Crippen molar-refractivity contribution < 1.29 is 24.2 Å². The van der Waals surface area contributed by atoms with Crippen molar-refractivity contribution in [1.29, 1.82) is 0 Å². The first-order chi connectivity index (χ1) is 12.9. The molecule has 0 aromatic heterocycles. The minimum absolute atomic E-state index is 0.00227. The summed E-state index contributed by atoms with van der Waals surface area (Å²) in [7, 11) is 5.07. The van der Waals surface area contributed by atoms with E-state index >= 15 is 0 Å². The number of aliphatic hydroxyl groups is 1. The SMILES string of the molecule is COc1ccc(CN(C)CC(O)COc2ccc([N+](=O)[O-])cc2)cc1OC. The number of nitro benzene ring substituents is 1. The van der Waals surface area contributed by atoms with Crippen molar-refractivity contribution in [3.8, 4) is 17.2 Å². The van der Waals surface area contributed by atoms with Crippen LogP contribution in [0.5, 0.6) is 17.2 Å². The van der Waals surface area contributed by atoms with Crippen LogP contribution in [-0.2, 0) is 6.54 Å². The van der Waals surface area contributed by atoms with Crippen molar-refractivity contribution in [3.05, 3.63) is 58.1 Å². The Morgan fingerprint density at radius 3 is 2.37 bits per heavy atom. The highest BCUT2D eigenvalue weighted by molar-refractivity contribution is 5.42. The number of nitrogens with zero attached hydrogens (tertiary/aromatic N) is 2. The summed E-state index contributed by atoms with van der Waals surface area (Å²) in [6.45, 7) is 1.12. The van der Waals surface area contributed by atoms with E-state index in [1.54, 1.807) is 14.2 Å². The number of ether oxygens (including phenoxy) is 3. The van der Waals surface area contributed by atoms with Crippen molar-refractivity contribution in [2.24, 2.45) is 0 Å². The Balaban J connectivity index is 1.82. The second-order valence-electron chi connectivity index (χ2n) is 6.10. The number of methoxy groups -OCH3 is 2. The summed E-state index contributed by atoms with van der Waals surface area (Å²) in [5, 5.41) is 20.8. The van der Waals surface area contributed by atoms with Gasteiger partial charge in [-0.15, -0.1) is 0 Å². The van der Waals surface area contributed by atoms with Crippen LogP contribution in [0.3, 0.4) is 0 Å². The van der Waals surface area contributed by atoms with Crippen LogP contribution in [0, 0.1) is 10.1 Å². The molecule has 2 rings (SSSR count). The topological polar surface area (TPSA) is 94.3 Å². The third-order valence-electron chi connectivity index (χ3n) is 3.91. The third kappa shape index (κ3) is 6.12. The van der Waals surface area contributed by atoms with Crippen LogP contribution in [0.25, 0.3) is 0 Å². The van der Waals surface area contributed by atoms with Crippen molar-refractivity contribution in [3.63, 3.8) is 0 Å². The van der Waals surface area contributed by atoms with Gasteiger partial charge in [-0.2, -0.15) is 0 Å². The van der Waals surface area contributed by atoms with E-state index in [0.717, 1.165) is 5.56 Å². The van der Waals surface area contributed by atoms with Crippen LogP contribution in [0.4, 0.5) is 5.69 Å². The molecule has 1 N–H and O–H groups in total. The first-order valence-corrected chi connectivity index (χ1v) is 8.37. The van der Waals surface area contributed by atoms with Crippen molar-refractivity contribution in [1.82, 2.24) is 4.90 Å². The molecule has 0 spiro atoms. The Morgan fingerprint density at radius 1 is 1.11 bits per heavy atom. The lowest BCUT2D eigenvalue weighted by molar-refractivity contribution is -0.384. The van der Waals surface area contributed by atoms with E-state index in [2.05, 4.69) is 0 Å². The van der Waals surface area contributed by atoms with E-state index in [4.69, 9.17) is 14.2 Å². The van der Waals surface area contributed by atoms with Crippen LogP contribution >= 0.6 is 0 Å². The fourth-order valence-corrected chi connectivity index (χ4v) is 2.62. The third-order valence-corrected chi connectivity index (χ3v) is 3.91. The number of aliphatic hydroxyl groups excluding tert-OH is 1. The average Bonchev–Trinajstić information content (AvgIpc) is 2.66. The number of hydrogen-bond acceptors (Lipinski definition) is 7. The molecule has 1 unspecified atom stereocenters. The summed E-state index contributed by atoms with van der Waals surface area (Å²) in [6.07, 6.45) is -0.703. The number of nitro groups is 1. The Bertz CT molecular complexity index is 750. The fraction of sp³-hybridized carbons (Fsp3) is 0.368. The highest BCUT2D eigenvalue weighted by atomic mass is 16.6. The van der Waals surface area contributed by atoms with Crippen molar-refractivity contribution in [2.75, 3.05) is 34.4 Å². The number of benzene rings is 2. The van der Waals surface area contributed by atoms with Crippen molar-refractivity contribution in [2.45, 2.75) is 12.6 Å². The molecule has 0 radical (unpaired) electrons. The molecule has 1 atom stereocenters. The van der Waals surface area contributed by atoms with Gasteiger partial charge in [-0.25, -0.2) is 0 Å². The summed E-state index contributed by atoms with van der Waals surface area (Å²) < 4.78 is 16.0. The summed E-state index contributed by atoms with van der Waals surface area (Å²) in [5.41, 5.74) is 1.02. The van der Waals surface area contributed by atoms with Crippen LogP contribution in [0.1, 0.15) is 5.56 Å². The highest BCUT2D eigenvalue weighted by Crippen LogP contribution is 2.28. The molecule has 8 heteroatoms. The molecule has 2 aromatic rings. The molecule has 0 fully saturated rings. The monoisotopic (exact) mass is 376 g/mol. The summed E-state index contributed by atoms with van der Waals surface area (Å²) in [5.74, 6) is 1.80. The van der Waals surface area contributed by atoms with Crippen LogP contribution < -0.4 is 14.2 Å². The molecule has 27 heavy (non-hydrogen) atoms. The number of rotatable bonds is 10. The van der Waals surface area contributed by atoms with Crippen LogP contribution in [0.2, 0.25) is 0 Å². The summed E-state index contributed by atoms with van der Waals surface area (Å²) in [4.78, 5) is 12.1. The van der Waals surface area contributed by atoms with E-state index in [1.807, 2.05) is 30.1 Å². The molecule has 0 bridgehead atoms. The van der Waals surface area contributed by atoms with E-state index < -0.39 is 11.0 Å². The lowest BCUT2D eigenvalue weighted by atomic mass is 10.2. The van der Waals surface area contributed by atoms with Gasteiger partial charge in [0, 0.05) is 25.2 Å². The number of likely N-dealkylation sites (N-methyl/N-ethyl adjacent to an activating group) is 1. The van der Waals surface area contributed by atoms with E-state index in [0.29, 0.717) is 30.3 Å². The average molecular weight is 376 g/mol. The van der Waals surface area contributed by atoms with Gasteiger partial charge in [0.1, 0.15) is 18.5 Å². The first-order valence-electron chi connectivity index (χ1n) is 8.37. The Morgan fingerprint density at radius 2 is 1.78 bits per heavy atom. The zero-order valence-corrected chi connectivity index (χ0v) is 15.6. The molecule has 0 heterocycles. The molecule has 0 aliphatic rings. The molecule has 0 aliphatic heterocycles. The summed E-state index contributed by atoms with van der Waals surface area (Å²) in [6, 6.07) is 11.4. The predicted octanol–water partition coefficient (Wildman–Crippen LogP) is 2.48. The Labute approximate surface area is 158 Å². The maximum absolute atomic E-state index is 10.6. The summed E-state index contributed by atoms with van der Waals surface area (Å²) >= 11 is 0. The quantitative estimate of drug-likeness (QED) is 0.503. The first kappa shape index (κ1) is 20.5. The second kappa shape index (κ2) is 9.75. The van der Waals surface area contributed by atoms with Crippen molar-refractivity contribution >= 4 is 5.69 Å². The van der Waals surface area contributed by atoms with Gasteiger partial charge in [0.15, 0.2) is 11.5 Å². The van der Waals surface area contributed by atoms with Gasteiger partial charge in [0.05, 0.1) is 19.1 Å². The largest absolute Gasteiger partial charge is 0.493 e. The zero-order chi connectivity index (χ0) is 19.8. The highest BCUT2D eigenvalue weighted by Gasteiger charge is 2.12. The smallest absolute Gasteiger partial charge is 0.269 e. The minimum atomic E-state index is -0.703. The normalized spacial score (nSPS) is 11.9. The molecule has 146 valence electrons. The van der Waals surface area contributed by atoms with E-state index in [-0.39, 0.29) is 12.3 Å². The molecular formula is C19H24N2O6. The number of non-ortho nitro benzene ring substituents is 1. The van der Waals surface area contributed by atoms with E-state index in [1.165, 1.54) is 24.3 Å². The van der Waals surface area contributed by atoms with Gasteiger partial charge < -0.3 is 19.3 Å². The van der Waals surface area contributed by atoms with Crippen LogP contribution in [-0.4, -0.2) is 55.5 Å². The Kier molecular flexibility index (Phi) is 7.39. The van der Waals surface area contributed by atoms with Gasteiger partial charge in [-0.1, -0.05) is 6.07 Å². The molecule has 0 saturated carbocycles. The Hall–Kier alpha value is -2.84. The molecule has 0 saturated heterocycles. The van der Waals surface area contributed by atoms with Gasteiger partial charge in [-0.3, -0.25) is 15.0 Å². The second-order valence-corrected chi connectivity index (χ2v) is 6.10. The fourth-order valence-electron chi connectivity index (χ4n) is 2.62. The molecular weight excluding hydrogens is 352 g/mol. The number of hydrogen-bond donors (Lipinski definition) is 1. The van der Waals surface area contributed by atoms with Gasteiger partial charge in [0.25, 0.3) is 5.69 Å². The maximum Gasteiger partial charge on any atom is 0.269 e. The van der Waals surface area contributed by atoms with Gasteiger partial charge >= 0.3 is 0 Å². The molecule has 0 aliphatic carbocycles. The lowest BCUT2D eigenvalue weighted by Crippen LogP contribution is -2.32. The molecule has 2 aromatic carbocycles. The minimum Gasteiger partial charge on any atom is -0.493 e. The molecule has 0 amide bonds.